The minimum Gasteiger partial charge on any atom is -0.0807 e. The fourth-order valence-electron chi connectivity index (χ4n) is 21.3. The van der Waals surface area contributed by atoms with Crippen LogP contribution < -0.4 is 0 Å². The largest absolute Gasteiger partial charge is 0.0807 e. The summed E-state index contributed by atoms with van der Waals surface area (Å²) in [6, 6.07) is 17.9. The molecule has 12 unspecified atom stereocenters. The summed E-state index contributed by atoms with van der Waals surface area (Å²) in [6.45, 7) is 64.5. The number of allylic oxidation sites excluding steroid dienone is 14. The lowest BCUT2D eigenvalue weighted by atomic mass is 9.62. The van der Waals surface area contributed by atoms with E-state index in [1.807, 2.05) is 0 Å². The SMILES string of the molecule is CC1=C(C)C2(C(C)(C)C)CCC1(C(C)(C)C)C2.CC1=C(C)C2(C(C)(C)C)CCC1(C)C2.CC1=C(C)C2(C(C)(C)C)CCC1C2.CC1=C(C)C2(C)CC1(C)c1ccccc12.CC1=C(C)C2C=CC1C2.CC1=C(C)C2CC1c1ccccc12. The molecule has 14 rings (SSSR count). The molecule has 0 N–H and O–H groups in total. The van der Waals surface area contributed by atoms with Crippen LogP contribution in [0.3, 0.4) is 0 Å². The molecule has 0 saturated heterocycles. The summed E-state index contributed by atoms with van der Waals surface area (Å²) in [7, 11) is 0. The maximum absolute atomic E-state index is 2.46. The van der Waals surface area contributed by atoms with Crippen LogP contribution in [0.4, 0.5) is 0 Å². The van der Waals surface area contributed by atoms with Gasteiger partial charge in [0.1, 0.15) is 0 Å². The van der Waals surface area contributed by atoms with Crippen LogP contribution in [0.25, 0.3) is 0 Å². The lowest BCUT2D eigenvalue weighted by molar-refractivity contribution is 0.107. The smallest absolute Gasteiger partial charge is 0.0148 e. The summed E-state index contributed by atoms with van der Waals surface area (Å²) in [6.07, 6.45) is 21.4. The fourth-order valence-corrected chi connectivity index (χ4v) is 21.3. The monoisotopic (exact) mass is 1090 g/mol. The quantitative estimate of drug-likeness (QED) is 0.231. The Bertz CT molecular complexity index is 2940. The minimum atomic E-state index is 0.315. The van der Waals surface area contributed by atoms with Crippen LogP contribution in [0, 0.1) is 66.5 Å². The van der Waals surface area contributed by atoms with Crippen LogP contribution in [-0.2, 0) is 10.8 Å². The van der Waals surface area contributed by atoms with Gasteiger partial charge in [-0.1, -0.05) is 231 Å². The number of benzene rings is 2. The first-order valence-corrected chi connectivity index (χ1v) is 33.1. The Morgan fingerprint density at radius 3 is 1.05 bits per heavy atom. The average molecular weight is 1090 g/mol. The van der Waals surface area contributed by atoms with Gasteiger partial charge in [0, 0.05) is 22.7 Å². The highest BCUT2D eigenvalue weighted by Gasteiger charge is 2.64. The lowest BCUT2D eigenvalue weighted by Gasteiger charge is -2.42. The highest BCUT2D eigenvalue weighted by Crippen LogP contribution is 2.75. The van der Waals surface area contributed by atoms with Crippen molar-refractivity contribution in [2.45, 2.75) is 287 Å². The van der Waals surface area contributed by atoms with Gasteiger partial charge in [-0.05, 0) is 249 Å². The van der Waals surface area contributed by atoms with Gasteiger partial charge in [0.2, 0.25) is 0 Å². The van der Waals surface area contributed by atoms with Crippen LogP contribution in [-0.4, -0.2) is 0 Å². The number of hydrogen-bond donors (Lipinski definition) is 0. The summed E-state index contributed by atoms with van der Waals surface area (Å²) >= 11 is 0. The predicted octanol–water partition coefficient (Wildman–Crippen LogP) is 24.4. The molecule has 12 aliphatic carbocycles. The molecular formula is C81H120. The van der Waals surface area contributed by atoms with E-state index in [0.29, 0.717) is 59.6 Å². The van der Waals surface area contributed by atoms with E-state index in [4.69, 9.17) is 0 Å². The van der Waals surface area contributed by atoms with Crippen molar-refractivity contribution in [2.75, 3.05) is 0 Å². The first-order valence-electron chi connectivity index (χ1n) is 33.1. The van der Waals surface area contributed by atoms with E-state index in [1.165, 1.54) is 77.0 Å². The third kappa shape index (κ3) is 9.09. The zero-order valence-corrected chi connectivity index (χ0v) is 57.6. The molecule has 2 aromatic rings. The van der Waals surface area contributed by atoms with E-state index in [1.54, 1.807) is 89.1 Å². The number of fused-ring (bicyclic) bond motifs is 18. The molecule has 0 amide bonds. The molecule has 444 valence electrons. The molecule has 0 radical (unpaired) electrons. The van der Waals surface area contributed by atoms with Crippen LogP contribution in [0.1, 0.15) is 298 Å². The summed E-state index contributed by atoms with van der Waals surface area (Å²) in [5.74, 6) is 4.06. The highest BCUT2D eigenvalue weighted by molar-refractivity contribution is 5.61. The summed E-state index contributed by atoms with van der Waals surface area (Å²) in [5.41, 5.74) is 31.2. The average Bonchev–Trinajstić information content (AvgIpc) is 3.36. The zero-order valence-electron chi connectivity index (χ0n) is 57.6. The fraction of sp³-hybridized carbons (Fsp3) is 0.679. The minimum absolute atomic E-state index is 0.315. The maximum Gasteiger partial charge on any atom is 0.0148 e. The van der Waals surface area contributed by atoms with Crippen molar-refractivity contribution in [2.24, 2.45) is 66.5 Å². The maximum atomic E-state index is 2.46. The Balaban J connectivity index is 0.000000118. The molecule has 0 nitrogen and oxygen atoms in total. The van der Waals surface area contributed by atoms with Gasteiger partial charge < -0.3 is 0 Å². The van der Waals surface area contributed by atoms with Gasteiger partial charge in [-0.25, -0.2) is 0 Å². The third-order valence-corrected chi connectivity index (χ3v) is 28.5. The molecule has 0 aliphatic heterocycles. The van der Waals surface area contributed by atoms with E-state index in [9.17, 15) is 0 Å². The van der Waals surface area contributed by atoms with E-state index in [2.05, 4.69) is 248 Å². The normalized spacial score (nSPS) is 37.6. The standard InChI is InChI=1S/C17H30.C15H18.C14H24.C13H14.C13H22.C9H12/c1-12-13(2)17(15(6,7)8)10-9-16(12,11-17)14(3,4)5;1-10-11(2)15(4)9-14(10,3)12-7-5-6-8-13(12)15;1-10-11(2)14(12(3,4)5)8-7-13(10,6)9-14;1-8-9(2)13-7-12(8)10-5-3-4-6-11(10)13;1-9-10(2)13(12(3,4)5)7-6-11(9)8-13;1-6-7(2)9-4-3-8(6)5-9/h9-11H2,1-8H3;5-8H,9H2,1-4H3;7-9H2,1-6H3;3-6,12-13H,7H2,1-2H3;11H,6-8H2,1-5H3;3-4,8-9H,5H2,1-2H3. The Labute approximate surface area is 500 Å². The molecule has 3 saturated carbocycles. The predicted molar refractivity (Wildman–Crippen MR) is 354 cm³/mol. The topological polar surface area (TPSA) is 0 Å². The summed E-state index contributed by atoms with van der Waals surface area (Å²) < 4.78 is 0. The molecule has 0 spiro atoms. The van der Waals surface area contributed by atoms with Crippen molar-refractivity contribution in [1.29, 1.82) is 0 Å². The summed E-state index contributed by atoms with van der Waals surface area (Å²) in [4.78, 5) is 0. The summed E-state index contributed by atoms with van der Waals surface area (Å²) in [5, 5.41) is 0. The molecule has 0 heteroatoms. The van der Waals surface area contributed by atoms with Crippen molar-refractivity contribution < 1.29 is 0 Å². The second-order valence-corrected chi connectivity index (χ2v) is 34.7. The molecule has 12 bridgehead atoms. The molecule has 0 aromatic heterocycles. The second-order valence-electron chi connectivity index (χ2n) is 34.7. The van der Waals surface area contributed by atoms with E-state index >= 15 is 0 Å². The van der Waals surface area contributed by atoms with Crippen molar-refractivity contribution in [1.82, 2.24) is 0 Å². The van der Waals surface area contributed by atoms with Crippen LogP contribution >= 0.6 is 0 Å². The molecule has 81 heavy (non-hydrogen) atoms. The molecule has 12 aliphatic rings. The third-order valence-electron chi connectivity index (χ3n) is 28.5. The van der Waals surface area contributed by atoms with Gasteiger partial charge in [0.25, 0.3) is 0 Å². The first-order chi connectivity index (χ1) is 37.2. The Kier molecular flexibility index (Phi) is 15.4. The first kappa shape index (κ1) is 62.2. The van der Waals surface area contributed by atoms with E-state index in [-0.39, 0.29) is 0 Å². The Hall–Kier alpha value is -3.38. The van der Waals surface area contributed by atoms with Gasteiger partial charge in [0.15, 0.2) is 0 Å². The van der Waals surface area contributed by atoms with Crippen LogP contribution in [0.5, 0.6) is 0 Å². The van der Waals surface area contributed by atoms with Crippen LogP contribution in [0.15, 0.2) is 128 Å². The number of rotatable bonds is 0. The van der Waals surface area contributed by atoms with Crippen molar-refractivity contribution in [3.05, 3.63) is 150 Å². The highest BCUT2D eigenvalue weighted by atomic mass is 14.7. The molecule has 0 heterocycles. The van der Waals surface area contributed by atoms with Gasteiger partial charge in [-0.2, -0.15) is 0 Å². The Morgan fingerprint density at radius 1 is 0.358 bits per heavy atom. The van der Waals surface area contributed by atoms with Gasteiger partial charge >= 0.3 is 0 Å². The van der Waals surface area contributed by atoms with Gasteiger partial charge in [0.05, 0.1) is 0 Å². The zero-order chi connectivity index (χ0) is 60.2. The van der Waals surface area contributed by atoms with Crippen LogP contribution in [0.2, 0.25) is 0 Å². The van der Waals surface area contributed by atoms with Crippen molar-refractivity contribution in [3.63, 3.8) is 0 Å². The van der Waals surface area contributed by atoms with Gasteiger partial charge in [-0.15, -0.1) is 0 Å². The van der Waals surface area contributed by atoms with E-state index in [0.717, 1.165) is 29.6 Å². The Morgan fingerprint density at radius 2 is 0.741 bits per heavy atom. The van der Waals surface area contributed by atoms with Gasteiger partial charge in [-0.3, -0.25) is 0 Å². The molecule has 2 aromatic carbocycles. The van der Waals surface area contributed by atoms with E-state index < -0.39 is 0 Å². The molecule has 12 atom stereocenters. The molecular weight excluding hydrogens is 973 g/mol. The second kappa shape index (κ2) is 20.1. The lowest BCUT2D eigenvalue weighted by Crippen LogP contribution is -2.34. The number of hydrogen-bond acceptors (Lipinski definition) is 0. The molecule has 3 fully saturated rings. The van der Waals surface area contributed by atoms with Crippen molar-refractivity contribution in [3.8, 4) is 0 Å². The van der Waals surface area contributed by atoms with Crippen molar-refractivity contribution >= 4 is 0 Å².